The van der Waals surface area contributed by atoms with E-state index in [9.17, 15) is 14.0 Å². The molecule has 0 aliphatic heterocycles. The normalized spacial score (nSPS) is 10.1. The second-order valence-electron chi connectivity index (χ2n) is 4.31. The summed E-state index contributed by atoms with van der Waals surface area (Å²) in [4.78, 5) is 22.1. The fraction of sp³-hybridized carbons (Fsp3) is 0.429. The Balaban J connectivity index is 2.34. The maximum Gasteiger partial charge on any atom is 0.303 e. The molecule has 0 saturated heterocycles. The van der Waals surface area contributed by atoms with Crippen LogP contribution in [-0.2, 0) is 4.79 Å². The summed E-state index contributed by atoms with van der Waals surface area (Å²) in [7, 11) is 1.34. The number of methoxy groups -OCH3 is 1. The number of ether oxygens (including phenoxy) is 1. The molecule has 0 fully saturated rings. The number of carbonyl (C=O) groups is 2. The number of benzene rings is 1. The van der Waals surface area contributed by atoms with Gasteiger partial charge in [-0.05, 0) is 31.0 Å². The number of carboxylic acids is 1. The van der Waals surface area contributed by atoms with E-state index in [4.69, 9.17) is 9.84 Å². The third-order valence-electron chi connectivity index (χ3n) is 2.77. The van der Waals surface area contributed by atoms with Crippen LogP contribution in [0.4, 0.5) is 4.39 Å². The van der Waals surface area contributed by atoms with Gasteiger partial charge in [0.1, 0.15) is 0 Å². The van der Waals surface area contributed by atoms with Gasteiger partial charge in [-0.25, -0.2) is 4.39 Å². The van der Waals surface area contributed by atoms with Crippen LogP contribution < -0.4 is 10.1 Å². The highest BCUT2D eigenvalue weighted by atomic mass is 19.1. The maximum absolute atomic E-state index is 13.2. The molecule has 6 heteroatoms. The van der Waals surface area contributed by atoms with Crippen LogP contribution in [0.3, 0.4) is 0 Å². The lowest BCUT2D eigenvalue weighted by atomic mass is 10.1. The molecule has 110 valence electrons. The van der Waals surface area contributed by atoms with Gasteiger partial charge in [0.15, 0.2) is 11.6 Å². The average molecular weight is 283 g/mol. The summed E-state index contributed by atoms with van der Waals surface area (Å²) in [6, 6.07) is 3.91. The van der Waals surface area contributed by atoms with Crippen molar-refractivity contribution in [2.45, 2.75) is 25.7 Å². The molecule has 0 heterocycles. The van der Waals surface area contributed by atoms with E-state index >= 15 is 0 Å². The molecule has 1 aromatic rings. The van der Waals surface area contributed by atoms with E-state index in [0.29, 0.717) is 24.9 Å². The molecular weight excluding hydrogens is 265 g/mol. The first kappa shape index (κ1) is 15.9. The molecule has 0 unspecified atom stereocenters. The monoisotopic (exact) mass is 283 g/mol. The van der Waals surface area contributed by atoms with Crippen LogP contribution in [-0.4, -0.2) is 30.6 Å². The average Bonchev–Trinajstić information content (AvgIpc) is 2.42. The highest BCUT2D eigenvalue weighted by Gasteiger charge is 2.09. The van der Waals surface area contributed by atoms with E-state index in [1.54, 1.807) is 0 Å². The lowest BCUT2D eigenvalue weighted by Crippen LogP contribution is -2.24. The molecule has 1 aromatic carbocycles. The Morgan fingerprint density at radius 1 is 1.30 bits per heavy atom. The van der Waals surface area contributed by atoms with E-state index in [1.165, 1.54) is 25.3 Å². The van der Waals surface area contributed by atoms with E-state index in [0.717, 1.165) is 6.42 Å². The smallest absolute Gasteiger partial charge is 0.303 e. The van der Waals surface area contributed by atoms with Crippen LogP contribution in [0.5, 0.6) is 5.75 Å². The van der Waals surface area contributed by atoms with E-state index in [2.05, 4.69) is 5.32 Å². The lowest BCUT2D eigenvalue weighted by Gasteiger charge is -2.07. The second-order valence-corrected chi connectivity index (χ2v) is 4.31. The van der Waals surface area contributed by atoms with Crippen LogP contribution in [0.2, 0.25) is 0 Å². The lowest BCUT2D eigenvalue weighted by molar-refractivity contribution is -0.137. The summed E-state index contributed by atoms with van der Waals surface area (Å²) in [5.41, 5.74) is 0.328. The molecule has 0 bridgehead atoms. The molecular formula is C14H18FNO4. The zero-order chi connectivity index (χ0) is 15.0. The molecule has 0 aliphatic rings. The molecule has 0 saturated carbocycles. The van der Waals surface area contributed by atoms with Crippen molar-refractivity contribution in [1.82, 2.24) is 5.32 Å². The molecule has 1 amide bonds. The van der Waals surface area contributed by atoms with Gasteiger partial charge < -0.3 is 15.2 Å². The van der Waals surface area contributed by atoms with Gasteiger partial charge in [0.05, 0.1) is 7.11 Å². The van der Waals surface area contributed by atoms with Crippen LogP contribution in [0.15, 0.2) is 18.2 Å². The predicted octanol–water partition coefficient (Wildman–Crippen LogP) is 2.21. The Labute approximate surface area is 116 Å². The Morgan fingerprint density at radius 2 is 2.05 bits per heavy atom. The summed E-state index contributed by atoms with van der Waals surface area (Å²) < 4.78 is 18.0. The van der Waals surface area contributed by atoms with Crippen molar-refractivity contribution in [2.24, 2.45) is 0 Å². The van der Waals surface area contributed by atoms with Crippen molar-refractivity contribution in [3.05, 3.63) is 29.6 Å². The van der Waals surface area contributed by atoms with Gasteiger partial charge in [0.2, 0.25) is 0 Å². The van der Waals surface area contributed by atoms with Gasteiger partial charge in [-0.15, -0.1) is 0 Å². The van der Waals surface area contributed by atoms with Crippen molar-refractivity contribution in [1.29, 1.82) is 0 Å². The summed E-state index contributed by atoms with van der Waals surface area (Å²) in [5, 5.41) is 11.2. The van der Waals surface area contributed by atoms with Gasteiger partial charge in [-0.2, -0.15) is 0 Å². The Kier molecular flexibility index (Phi) is 6.49. The molecule has 0 atom stereocenters. The van der Waals surface area contributed by atoms with Crippen molar-refractivity contribution in [3.63, 3.8) is 0 Å². The highest BCUT2D eigenvalue weighted by Crippen LogP contribution is 2.18. The fourth-order valence-electron chi connectivity index (χ4n) is 1.68. The molecule has 5 nitrogen and oxygen atoms in total. The zero-order valence-electron chi connectivity index (χ0n) is 11.3. The minimum atomic E-state index is -0.813. The zero-order valence-corrected chi connectivity index (χ0v) is 11.3. The van der Waals surface area contributed by atoms with Crippen LogP contribution in [0.1, 0.15) is 36.0 Å². The maximum atomic E-state index is 13.2. The minimum Gasteiger partial charge on any atom is -0.494 e. The molecule has 1 rings (SSSR count). The summed E-state index contributed by atoms with van der Waals surface area (Å²) in [6.45, 7) is 0.456. The van der Waals surface area contributed by atoms with Crippen molar-refractivity contribution in [3.8, 4) is 5.75 Å². The molecule has 0 spiro atoms. The summed E-state index contributed by atoms with van der Waals surface area (Å²) in [5.74, 6) is -1.61. The van der Waals surface area contributed by atoms with E-state index in [1.807, 2.05) is 0 Å². The fourth-order valence-corrected chi connectivity index (χ4v) is 1.68. The number of rotatable bonds is 8. The molecule has 0 aliphatic carbocycles. The molecule has 0 aromatic heterocycles. The number of hydrogen-bond donors (Lipinski definition) is 2. The molecule has 0 radical (unpaired) electrons. The number of carboxylic acid groups (broad SMARTS) is 1. The molecule has 2 N–H and O–H groups in total. The largest absolute Gasteiger partial charge is 0.494 e. The number of aliphatic carboxylic acids is 1. The Bertz CT molecular complexity index is 476. The van der Waals surface area contributed by atoms with E-state index < -0.39 is 11.8 Å². The third kappa shape index (κ3) is 5.26. The SMILES string of the molecule is COc1cc(C(=O)NCCCCCC(=O)O)ccc1F. The minimum absolute atomic E-state index is 0.0270. The quantitative estimate of drug-likeness (QED) is 0.717. The number of unbranched alkanes of at least 4 members (excludes halogenated alkanes) is 2. The summed E-state index contributed by atoms with van der Waals surface area (Å²) in [6.07, 6.45) is 2.18. The number of amides is 1. The predicted molar refractivity (Wildman–Crippen MR) is 71.4 cm³/mol. The van der Waals surface area contributed by atoms with Crippen LogP contribution in [0.25, 0.3) is 0 Å². The standard InChI is InChI=1S/C14H18FNO4/c1-20-12-9-10(6-7-11(12)15)14(19)16-8-4-2-3-5-13(17)18/h6-7,9H,2-5,8H2,1H3,(H,16,19)(H,17,18). The number of carbonyl (C=O) groups excluding carboxylic acids is 1. The van der Waals surface area contributed by atoms with Gasteiger partial charge in [0, 0.05) is 18.5 Å². The first-order chi connectivity index (χ1) is 9.54. The van der Waals surface area contributed by atoms with Crippen molar-refractivity contribution in [2.75, 3.05) is 13.7 Å². The van der Waals surface area contributed by atoms with Crippen LogP contribution in [0, 0.1) is 5.82 Å². The third-order valence-corrected chi connectivity index (χ3v) is 2.77. The molecule has 20 heavy (non-hydrogen) atoms. The summed E-state index contributed by atoms with van der Waals surface area (Å²) >= 11 is 0. The highest BCUT2D eigenvalue weighted by molar-refractivity contribution is 5.94. The second kappa shape index (κ2) is 8.14. The topological polar surface area (TPSA) is 75.6 Å². The Hall–Kier alpha value is -2.11. The first-order valence-corrected chi connectivity index (χ1v) is 6.38. The Morgan fingerprint density at radius 3 is 2.70 bits per heavy atom. The number of hydrogen-bond acceptors (Lipinski definition) is 3. The van der Waals surface area contributed by atoms with Gasteiger partial charge in [0.25, 0.3) is 5.91 Å². The van der Waals surface area contributed by atoms with Gasteiger partial charge >= 0.3 is 5.97 Å². The van der Waals surface area contributed by atoms with Crippen molar-refractivity contribution >= 4 is 11.9 Å². The van der Waals surface area contributed by atoms with E-state index in [-0.39, 0.29) is 18.1 Å². The first-order valence-electron chi connectivity index (χ1n) is 6.38. The van der Waals surface area contributed by atoms with Crippen LogP contribution >= 0.6 is 0 Å². The van der Waals surface area contributed by atoms with Crippen molar-refractivity contribution < 1.29 is 23.8 Å². The number of halogens is 1. The number of nitrogens with one attached hydrogen (secondary N) is 1. The van der Waals surface area contributed by atoms with Gasteiger partial charge in [-0.3, -0.25) is 9.59 Å². The van der Waals surface area contributed by atoms with Gasteiger partial charge in [-0.1, -0.05) is 6.42 Å².